The van der Waals surface area contributed by atoms with Crippen molar-refractivity contribution < 1.29 is 4.74 Å². The predicted octanol–water partition coefficient (Wildman–Crippen LogP) is 4.93. The van der Waals surface area contributed by atoms with Crippen LogP contribution in [0, 0.1) is 0 Å². The standard InChI is InChI=1S/C21H27NOS/c1-4-6-17-9-16-13-22-8-7-15-11-20(23-3)14(5-2)10-18(15)19(22)12-21(16)24-17/h9-11,19H,4-8,12-13H2,1-3H3/t19-/m0/s1. The number of hydrogen-bond acceptors (Lipinski definition) is 3. The van der Waals surface area contributed by atoms with Crippen molar-refractivity contribution >= 4 is 11.3 Å². The zero-order valence-corrected chi connectivity index (χ0v) is 15.8. The van der Waals surface area contributed by atoms with Crippen molar-refractivity contribution in [3.05, 3.63) is 50.2 Å². The number of ether oxygens (including phenoxy) is 1. The van der Waals surface area contributed by atoms with Crippen LogP contribution in [0.25, 0.3) is 0 Å². The van der Waals surface area contributed by atoms with Gasteiger partial charge in [-0.1, -0.05) is 26.3 Å². The average Bonchev–Trinajstić information content (AvgIpc) is 3.00. The molecule has 0 bridgehead atoms. The summed E-state index contributed by atoms with van der Waals surface area (Å²) in [5.74, 6) is 1.07. The van der Waals surface area contributed by atoms with E-state index >= 15 is 0 Å². The van der Waals surface area contributed by atoms with Crippen LogP contribution >= 0.6 is 11.3 Å². The Morgan fingerprint density at radius 1 is 1.21 bits per heavy atom. The first-order chi connectivity index (χ1) is 11.7. The SMILES string of the molecule is CCCc1cc2c(s1)C[C@H]1c3cc(CC)c(OC)cc3CCN1C2. The molecule has 3 heterocycles. The minimum absolute atomic E-state index is 0.561. The van der Waals surface area contributed by atoms with E-state index in [-0.39, 0.29) is 0 Å². The second-order valence-corrected chi connectivity index (χ2v) is 8.29. The topological polar surface area (TPSA) is 12.5 Å². The van der Waals surface area contributed by atoms with Crippen LogP contribution in [0.5, 0.6) is 5.75 Å². The van der Waals surface area contributed by atoms with Gasteiger partial charge in [0.1, 0.15) is 5.75 Å². The quantitative estimate of drug-likeness (QED) is 0.782. The minimum Gasteiger partial charge on any atom is -0.496 e. The van der Waals surface area contributed by atoms with E-state index < -0.39 is 0 Å². The van der Waals surface area contributed by atoms with Gasteiger partial charge in [-0.05, 0) is 53.6 Å². The summed E-state index contributed by atoms with van der Waals surface area (Å²) in [6.07, 6.45) is 5.85. The molecule has 0 aliphatic carbocycles. The normalized spacial score (nSPS) is 19.5. The molecule has 3 heteroatoms. The Morgan fingerprint density at radius 3 is 2.83 bits per heavy atom. The fourth-order valence-corrected chi connectivity index (χ4v) is 5.64. The molecule has 128 valence electrons. The maximum Gasteiger partial charge on any atom is 0.122 e. The highest BCUT2D eigenvalue weighted by Gasteiger charge is 2.33. The number of thiophene rings is 1. The molecule has 0 spiro atoms. The molecular weight excluding hydrogens is 314 g/mol. The molecule has 0 radical (unpaired) electrons. The number of benzene rings is 1. The smallest absolute Gasteiger partial charge is 0.122 e. The predicted molar refractivity (Wildman–Crippen MR) is 101 cm³/mol. The second kappa shape index (κ2) is 6.53. The van der Waals surface area contributed by atoms with Crippen LogP contribution in [-0.4, -0.2) is 18.6 Å². The van der Waals surface area contributed by atoms with E-state index in [0.717, 1.165) is 25.1 Å². The summed E-state index contributed by atoms with van der Waals surface area (Å²) in [6, 6.07) is 7.76. The number of fused-ring (bicyclic) bond motifs is 4. The van der Waals surface area contributed by atoms with Crippen LogP contribution in [0.3, 0.4) is 0 Å². The van der Waals surface area contributed by atoms with E-state index in [2.05, 4.69) is 48.3 Å². The minimum atomic E-state index is 0.561. The third kappa shape index (κ3) is 2.68. The highest BCUT2D eigenvalue weighted by molar-refractivity contribution is 7.12. The van der Waals surface area contributed by atoms with E-state index in [0.29, 0.717) is 6.04 Å². The van der Waals surface area contributed by atoms with Crippen molar-refractivity contribution in [2.45, 2.75) is 58.5 Å². The van der Waals surface area contributed by atoms with Crippen LogP contribution in [0.2, 0.25) is 0 Å². The lowest BCUT2D eigenvalue weighted by molar-refractivity contribution is 0.162. The summed E-state index contributed by atoms with van der Waals surface area (Å²) < 4.78 is 5.61. The van der Waals surface area contributed by atoms with Gasteiger partial charge in [0.15, 0.2) is 0 Å². The number of nitrogens with zero attached hydrogens (tertiary/aromatic N) is 1. The first-order valence-electron chi connectivity index (χ1n) is 9.27. The average molecular weight is 342 g/mol. The largest absolute Gasteiger partial charge is 0.496 e. The third-order valence-corrected chi connectivity index (χ3v) is 6.85. The Kier molecular flexibility index (Phi) is 4.40. The molecule has 0 saturated carbocycles. The van der Waals surface area contributed by atoms with Gasteiger partial charge in [-0.15, -0.1) is 11.3 Å². The Hall–Kier alpha value is -1.32. The van der Waals surface area contributed by atoms with Crippen LogP contribution in [0.15, 0.2) is 18.2 Å². The second-order valence-electron chi connectivity index (χ2n) is 7.07. The van der Waals surface area contributed by atoms with Gasteiger partial charge >= 0.3 is 0 Å². The molecule has 0 amide bonds. The summed E-state index contributed by atoms with van der Waals surface area (Å²) >= 11 is 2.06. The molecule has 0 fully saturated rings. The van der Waals surface area contributed by atoms with Crippen molar-refractivity contribution in [2.24, 2.45) is 0 Å². The number of aryl methyl sites for hydroxylation is 2. The van der Waals surface area contributed by atoms with Crippen molar-refractivity contribution in [3.63, 3.8) is 0 Å². The summed E-state index contributed by atoms with van der Waals surface area (Å²) in [4.78, 5) is 5.90. The summed E-state index contributed by atoms with van der Waals surface area (Å²) in [6.45, 7) is 6.80. The van der Waals surface area contributed by atoms with Gasteiger partial charge in [0.05, 0.1) is 7.11 Å². The molecule has 2 aliphatic heterocycles. The summed E-state index contributed by atoms with van der Waals surface area (Å²) in [7, 11) is 1.80. The number of rotatable bonds is 4. The summed E-state index contributed by atoms with van der Waals surface area (Å²) in [5.41, 5.74) is 5.99. The van der Waals surface area contributed by atoms with Crippen LogP contribution in [0.4, 0.5) is 0 Å². The van der Waals surface area contributed by atoms with Crippen molar-refractivity contribution in [3.8, 4) is 5.75 Å². The fourth-order valence-electron chi connectivity index (χ4n) is 4.32. The van der Waals surface area contributed by atoms with Gasteiger partial charge in [0.2, 0.25) is 0 Å². The monoisotopic (exact) mass is 341 g/mol. The number of methoxy groups -OCH3 is 1. The van der Waals surface area contributed by atoms with E-state index in [4.69, 9.17) is 4.74 Å². The molecule has 0 N–H and O–H groups in total. The molecule has 1 aromatic heterocycles. The molecular formula is C21H27NOS. The lowest BCUT2D eigenvalue weighted by atomic mass is 9.85. The highest BCUT2D eigenvalue weighted by atomic mass is 32.1. The molecule has 4 rings (SSSR count). The number of hydrogen-bond donors (Lipinski definition) is 0. The maximum atomic E-state index is 5.61. The van der Waals surface area contributed by atoms with Gasteiger partial charge in [-0.3, -0.25) is 4.90 Å². The molecule has 0 saturated heterocycles. The van der Waals surface area contributed by atoms with Gasteiger partial charge in [-0.2, -0.15) is 0 Å². The Bertz CT molecular complexity index is 749. The van der Waals surface area contributed by atoms with Gasteiger partial charge in [-0.25, -0.2) is 0 Å². The van der Waals surface area contributed by atoms with Crippen LogP contribution in [0.1, 0.15) is 58.3 Å². The molecule has 2 aromatic rings. The molecule has 2 nitrogen and oxygen atoms in total. The molecule has 0 unspecified atom stereocenters. The molecule has 1 atom stereocenters. The van der Waals surface area contributed by atoms with E-state index in [1.807, 2.05) is 0 Å². The maximum absolute atomic E-state index is 5.61. The fraction of sp³-hybridized carbons (Fsp3) is 0.524. The van der Waals surface area contributed by atoms with Crippen molar-refractivity contribution in [1.82, 2.24) is 4.90 Å². The summed E-state index contributed by atoms with van der Waals surface area (Å²) in [5, 5.41) is 0. The molecule has 1 aromatic carbocycles. The Morgan fingerprint density at radius 2 is 2.08 bits per heavy atom. The van der Waals surface area contributed by atoms with E-state index in [1.54, 1.807) is 28.0 Å². The van der Waals surface area contributed by atoms with Crippen LogP contribution < -0.4 is 4.74 Å². The lowest BCUT2D eigenvalue weighted by Crippen LogP contribution is -2.38. The van der Waals surface area contributed by atoms with Crippen molar-refractivity contribution in [2.75, 3.05) is 13.7 Å². The zero-order valence-electron chi connectivity index (χ0n) is 15.0. The van der Waals surface area contributed by atoms with E-state index in [1.165, 1.54) is 36.9 Å². The first kappa shape index (κ1) is 16.2. The Labute approximate surface area is 149 Å². The van der Waals surface area contributed by atoms with Gasteiger partial charge < -0.3 is 4.74 Å². The van der Waals surface area contributed by atoms with Gasteiger partial charge in [0.25, 0.3) is 0 Å². The Balaban J connectivity index is 1.70. The van der Waals surface area contributed by atoms with Crippen LogP contribution in [-0.2, 0) is 32.2 Å². The zero-order chi connectivity index (χ0) is 16.7. The van der Waals surface area contributed by atoms with E-state index in [9.17, 15) is 0 Å². The third-order valence-electron chi connectivity index (χ3n) is 5.59. The molecule has 2 aliphatic rings. The highest BCUT2D eigenvalue weighted by Crippen LogP contribution is 2.42. The lowest BCUT2D eigenvalue weighted by Gasteiger charge is -2.40. The first-order valence-corrected chi connectivity index (χ1v) is 10.1. The van der Waals surface area contributed by atoms with Gasteiger partial charge in [0, 0.05) is 35.3 Å². The van der Waals surface area contributed by atoms with Crippen molar-refractivity contribution in [1.29, 1.82) is 0 Å². The molecule has 24 heavy (non-hydrogen) atoms.